The second kappa shape index (κ2) is 8.31. The Morgan fingerprint density at radius 3 is 2.69 bits per heavy atom. The minimum Gasteiger partial charge on any atom is -0.269 e. The van der Waals surface area contributed by atoms with E-state index in [9.17, 15) is 4.79 Å². The molecule has 1 aromatic heterocycles. The summed E-state index contributed by atoms with van der Waals surface area (Å²) < 4.78 is 0.986. The first kappa shape index (κ1) is 20.2. The lowest BCUT2D eigenvalue weighted by molar-refractivity contribution is -0.117. The number of carbonyl (C=O) groups is 1. The molecule has 10 heteroatoms. The van der Waals surface area contributed by atoms with Gasteiger partial charge < -0.3 is 0 Å². The van der Waals surface area contributed by atoms with E-state index < -0.39 is 6.04 Å². The summed E-state index contributed by atoms with van der Waals surface area (Å²) in [5.41, 5.74) is 2.64. The number of benzene rings is 2. The number of aromatic nitrogens is 1. The van der Waals surface area contributed by atoms with E-state index in [4.69, 9.17) is 23.2 Å². The Labute approximate surface area is 189 Å². The van der Waals surface area contributed by atoms with Crippen molar-refractivity contribution in [3.05, 3.63) is 62.4 Å². The van der Waals surface area contributed by atoms with Gasteiger partial charge in [-0.2, -0.15) is 20.3 Å². The van der Waals surface area contributed by atoms with Gasteiger partial charge in [-0.25, -0.2) is 4.98 Å². The highest BCUT2D eigenvalue weighted by molar-refractivity contribution is 9.10. The number of hydrogen-bond acceptors (Lipinski definition) is 6. The Morgan fingerprint density at radius 1 is 1.17 bits per heavy atom. The zero-order chi connectivity index (χ0) is 20.5. The highest BCUT2D eigenvalue weighted by atomic mass is 79.9. The van der Waals surface area contributed by atoms with E-state index in [0.717, 1.165) is 15.7 Å². The van der Waals surface area contributed by atoms with Gasteiger partial charge in [0.15, 0.2) is 6.04 Å². The van der Waals surface area contributed by atoms with E-state index in [1.54, 1.807) is 25.1 Å². The van der Waals surface area contributed by atoms with E-state index in [-0.39, 0.29) is 5.91 Å². The standard InChI is InChI=1S/C19H12BrCl2N5OS/c1-10-17(25-24-15-8-13(21)6-7-14(15)22)18(28)27(26-10)19-23-16(9-29-19)11-2-4-12(20)5-3-11/h2-9,17H,1H3/t17-/m1/s1. The lowest BCUT2D eigenvalue weighted by atomic mass is 10.2. The van der Waals surface area contributed by atoms with Crippen LogP contribution in [0.4, 0.5) is 10.8 Å². The lowest BCUT2D eigenvalue weighted by Crippen LogP contribution is -2.29. The quantitative estimate of drug-likeness (QED) is 0.365. The van der Waals surface area contributed by atoms with Gasteiger partial charge in [0, 0.05) is 20.4 Å². The fraction of sp³-hybridized carbons (Fsp3) is 0.105. The molecule has 3 aromatic rings. The zero-order valence-electron chi connectivity index (χ0n) is 14.9. The Morgan fingerprint density at radius 2 is 1.93 bits per heavy atom. The Balaban J connectivity index is 1.55. The van der Waals surface area contributed by atoms with E-state index >= 15 is 0 Å². The van der Waals surface area contributed by atoms with Crippen molar-refractivity contribution >= 4 is 72.9 Å². The predicted molar refractivity (Wildman–Crippen MR) is 121 cm³/mol. The second-order valence-electron chi connectivity index (χ2n) is 6.13. The van der Waals surface area contributed by atoms with E-state index in [0.29, 0.717) is 26.6 Å². The third-order valence-electron chi connectivity index (χ3n) is 4.10. The number of azo groups is 1. The summed E-state index contributed by atoms with van der Waals surface area (Å²) >= 11 is 16.8. The third-order valence-corrected chi connectivity index (χ3v) is 6.00. The zero-order valence-corrected chi connectivity index (χ0v) is 18.8. The fourth-order valence-corrected chi connectivity index (χ4v) is 4.00. The first-order chi connectivity index (χ1) is 13.9. The van der Waals surface area contributed by atoms with Crippen LogP contribution in [0.3, 0.4) is 0 Å². The van der Waals surface area contributed by atoms with Gasteiger partial charge in [-0.05, 0) is 37.3 Å². The van der Waals surface area contributed by atoms with Crippen LogP contribution in [-0.2, 0) is 4.79 Å². The summed E-state index contributed by atoms with van der Waals surface area (Å²) in [6.45, 7) is 1.73. The number of carbonyl (C=O) groups excluding carboxylic acids is 1. The maximum Gasteiger partial charge on any atom is 0.282 e. The normalized spacial score (nSPS) is 16.7. The van der Waals surface area contributed by atoms with Crippen molar-refractivity contribution in [3.63, 3.8) is 0 Å². The van der Waals surface area contributed by atoms with Crippen molar-refractivity contribution in [1.29, 1.82) is 0 Å². The molecule has 1 aliphatic heterocycles. The molecule has 2 heterocycles. The first-order valence-electron chi connectivity index (χ1n) is 8.39. The monoisotopic (exact) mass is 507 g/mol. The number of halogens is 3. The molecule has 0 fully saturated rings. The van der Waals surface area contributed by atoms with Crippen molar-refractivity contribution in [3.8, 4) is 11.3 Å². The average molecular weight is 509 g/mol. The molecular weight excluding hydrogens is 497 g/mol. The van der Waals surface area contributed by atoms with Crippen LogP contribution in [0.25, 0.3) is 11.3 Å². The van der Waals surface area contributed by atoms with Gasteiger partial charge >= 0.3 is 0 Å². The topological polar surface area (TPSA) is 70.3 Å². The number of hydrogen-bond donors (Lipinski definition) is 0. The summed E-state index contributed by atoms with van der Waals surface area (Å²) in [5.74, 6) is -0.318. The largest absolute Gasteiger partial charge is 0.282 e. The van der Waals surface area contributed by atoms with Crippen molar-refractivity contribution in [2.24, 2.45) is 15.3 Å². The molecule has 2 aromatic carbocycles. The molecule has 4 rings (SSSR count). The number of amides is 1. The molecule has 0 bridgehead atoms. The van der Waals surface area contributed by atoms with Crippen LogP contribution in [0.2, 0.25) is 10.0 Å². The molecule has 0 spiro atoms. The summed E-state index contributed by atoms with van der Waals surface area (Å²) in [7, 11) is 0. The molecule has 0 saturated carbocycles. The molecule has 0 radical (unpaired) electrons. The maximum absolute atomic E-state index is 12.8. The van der Waals surface area contributed by atoms with E-state index in [2.05, 4.69) is 36.2 Å². The van der Waals surface area contributed by atoms with E-state index in [1.165, 1.54) is 16.3 Å². The lowest BCUT2D eigenvalue weighted by Gasteiger charge is -2.08. The summed E-state index contributed by atoms with van der Waals surface area (Å²) in [6.07, 6.45) is 0. The minimum atomic E-state index is -0.829. The maximum atomic E-state index is 12.8. The van der Waals surface area contributed by atoms with Gasteiger partial charge in [0.25, 0.3) is 5.91 Å². The molecular formula is C19H12BrCl2N5OS. The number of hydrazone groups is 1. The molecule has 0 saturated heterocycles. The molecule has 0 N–H and O–H groups in total. The number of thiazole rings is 1. The van der Waals surface area contributed by atoms with Gasteiger partial charge in [-0.3, -0.25) is 4.79 Å². The second-order valence-corrected chi connectivity index (χ2v) is 8.72. The molecule has 146 valence electrons. The molecule has 1 aliphatic rings. The smallest absolute Gasteiger partial charge is 0.269 e. The highest BCUT2D eigenvalue weighted by Gasteiger charge is 2.36. The minimum absolute atomic E-state index is 0.318. The van der Waals surface area contributed by atoms with Crippen LogP contribution < -0.4 is 5.01 Å². The van der Waals surface area contributed by atoms with Crippen LogP contribution in [0.15, 0.2) is 67.6 Å². The molecule has 6 nitrogen and oxygen atoms in total. The molecule has 1 atom stereocenters. The Kier molecular flexibility index (Phi) is 5.78. The van der Waals surface area contributed by atoms with Crippen LogP contribution in [0.5, 0.6) is 0 Å². The van der Waals surface area contributed by atoms with Crippen molar-refractivity contribution in [2.45, 2.75) is 13.0 Å². The third kappa shape index (κ3) is 4.25. The van der Waals surface area contributed by atoms with Crippen molar-refractivity contribution in [1.82, 2.24) is 4.98 Å². The summed E-state index contributed by atoms with van der Waals surface area (Å²) in [5, 5.41) is 17.1. The molecule has 1 amide bonds. The number of anilines is 1. The number of rotatable bonds is 4. The molecule has 0 aliphatic carbocycles. The SMILES string of the molecule is CC1=NN(c2nc(-c3ccc(Br)cc3)cs2)C(=O)[C@@H]1N=Nc1cc(Cl)ccc1Cl. The van der Waals surface area contributed by atoms with Gasteiger partial charge in [-0.1, -0.05) is 51.3 Å². The van der Waals surface area contributed by atoms with Gasteiger partial charge in [0.1, 0.15) is 5.69 Å². The van der Waals surface area contributed by atoms with Crippen LogP contribution in [-0.4, -0.2) is 22.6 Å². The van der Waals surface area contributed by atoms with Crippen molar-refractivity contribution in [2.75, 3.05) is 5.01 Å². The van der Waals surface area contributed by atoms with Crippen LogP contribution >= 0.6 is 50.5 Å². The first-order valence-corrected chi connectivity index (χ1v) is 10.8. The van der Waals surface area contributed by atoms with Gasteiger partial charge in [-0.15, -0.1) is 11.3 Å². The van der Waals surface area contributed by atoms with E-state index in [1.807, 2.05) is 29.6 Å². The molecule has 0 unspecified atom stereocenters. The van der Waals surface area contributed by atoms with Gasteiger partial charge in [0.2, 0.25) is 5.13 Å². The average Bonchev–Trinajstić information content (AvgIpc) is 3.28. The highest BCUT2D eigenvalue weighted by Crippen LogP contribution is 2.32. The summed E-state index contributed by atoms with van der Waals surface area (Å²) in [4.78, 5) is 17.4. The Hall–Kier alpha value is -2.13. The molecule has 29 heavy (non-hydrogen) atoms. The predicted octanol–water partition coefficient (Wildman–Crippen LogP) is 6.75. The fourth-order valence-electron chi connectivity index (χ4n) is 2.62. The van der Waals surface area contributed by atoms with Crippen molar-refractivity contribution < 1.29 is 4.79 Å². The van der Waals surface area contributed by atoms with Gasteiger partial charge in [0.05, 0.1) is 16.4 Å². The van der Waals surface area contributed by atoms with Crippen LogP contribution in [0, 0.1) is 0 Å². The Bertz CT molecular complexity index is 1150. The van der Waals surface area contributed by atoms with Crippen LogP contribution in [0.1, 0.15) is 6.92 Å². The number of nitrogens with zero attached hydrogens (tertiary/aromatic N) is 5. The summed E-state index contributed by atoms with van der Waals surface area (Å²) in [6, 6.07) is 11.8.